The largest absolute Gasteiger partial charge is 0.465 e. The molecule has 0 saturated heterocycles. The fourth-order valence-corrected chi connectivity index (χ4v) is 3.16. The number of aryl methyl sites for hydroxylation is 1. The number of fused-ring (bicyclic) bond motifs is 1. The predicted molar refractivity (Wildman–Crippen MR) is 105 cm³/mol. The molecule has 0 radical (unpaired) electrons. The summed E-state index contributed by atoms with van der Waals surface area (Å²) in [5, 5.41) is 1.01. The van der Waals surface area contributed by atoms with E-state index in [0.29, 0.717) is 29.5 Å². The molecule has 6 heteroatoms. The van der Waals surface area contributed by atoms with Gasteiger partial charge in [0.15, 0.2) is 0 Å². The SMILES string of the molecule is CCC(=O)OCCc1ccc(-n2c(CC)nc3cc(Cl)c(Cl)cc32)cc1. The molecule has 3 aromatic rings. The maximum Gasteiger partial charge on any atom is 0.305 e. The summed E-state index contributed by atoms with van der Waals surface area (Å²) in [4.78, 5) is 15.9. The molecule has 4 nitrogen and oxygen atoms in total. The van der Waals surface area contributed by atoms with Crippen LogP contribution in [0.25, 0.3) is 16.7 Å². The molecule has 0 aliphatic carbocycles. The lowest BCUT2D eigenvalue weighted by atomic mass is 10.1. The molecule has 0 aliphatic heterocycles. The van der Waals surface area contributed by atoms with Gasteiger partial charge in [-0.1, -0.05) is 49.2 Å². The number of hydrogen-bond donors (Lipinski definition) is 0. The molecular weight excluding hydrogens is 371 g/mol. The van der Waals surface area contributed by atoms with E-state index in [4.69, 9.17) is 27.9 Å². The molecule has 3 rings (SSSR count). The minimum absolute atomic E-state index is 0.172. The van der Waals surface area contributed by atoms with Crippen molar-refractivity contribution in [2.24, 2.45) is 0 Å². The van der Waals surface area contributed by atoms with Gasteiger partial charge in [-0.3, -0.25) is 9.36 Å². The summed E-state index contributed by atoms with van der Waals surface area (Å²) in [7, 11) is 0. The van der Waals surface area contributed by atoms with Crippen molar-refractivity contribution in [2.45, 2.75) is 33.1 Å². The van der Waals surface area contributed by atoms with Gasteiger partial charge >= 0.3 is 5.97 Å². The van der Waals surface area contributed by atoms with Crippen molar-refractivity contribution in [3.63, 3.8) is 0 Å². The maximum absolute atomic E-state index is 11.2. The minimum atomic E-state index is -0.172. The summed E-state index contributed by atoms with van der Waals surface area (Å²) >= 11 is 12.3. The lowest BCUT2D eigenvalue weighted by Crippen LogP contribution is -2.06. The molecule has 0 amide bonds. The van der Waals surface area contributed by atoms with Gasteiger partial charge < -0.3 is 4.74 Å². The number of aromatic nitrogens is 2. The number of carbonyl (C=O) groups is 1. The number of carbonyl (C=O) groups excluding carboxylic acids is 1. The summed E-state index contributed by atoms with van der Waals surface area (Å²) in [6.45, 7) is 4.25. The molecule has 136 valence electrons. The van der Waals surface area contributed by atoms with E-state index < -0.39 is 0 Å². The first-order valence-corrected chi connectivity index (χ1v) is 9.40. The van der Waals surface area contributed by atoms with Crippen LogP contribution in [0.4, 0.5) is 0 Å². The third-order valence-electron chi connectivity index (χ3n) is 4.22. The Labute approximate surface area is 162 Å². The number of benzene rings is 2. The van der Waals surface area contributed by atoms with Gasteiger partial charge in [-0.2, -0.15) is 0 Å². The number of rotatable bonds is 6. The molecule has 0 aliphatic rings. The van der Waals surface area contributed by atoms with Gasteiger partial charge in [-0.05, 0) is 29.8 Å². The second-order valence-electron chi connectivity index (χ2n) is 5.96. The van der Waals surface area contributed by atoms with Crippen LogP contribution in [0, 0.1) is 0 Å². The van der Waals surface area contributed by atoms with E-state index in [1.165, 1.54) is 0 Å². The van der Waals surface area contributed by atoms with Gasteiger partial charge in [0.25, 0.3) is 0 Å². The summed E-state index contributed by atoms with van der Waals surface area (Å²) in [6.07, 6.45) is 1.89. The van der Waals surface area contributed by atoms with Crippen LogP contribution in [-0.2, 0) is 22.4 Å². The van der Waals surface area contributed by atoms with Crippen LogP contribution in [0.3, 0.4) is 0 Å². The van der Waals surface area contributed by atoms with E-state index in [0.717, 1.165) is 34.5 Å². The second-order valence-corrected chi connectivity index (χ2v) is 6.78. The third-order valence-corrected chi connectivity index (χ3v) is 4.94. The molecule has 0 spiro atoms. The van der Waals surface area contributed by atoms with Gasteiger partial charge in [0.05, 0.1) is 27.7 Å². The molecule has 2 aromatic carbocycles. The summed E-state index contributed by atoms with van der Waals surface area (Å²) in [6, 6.07) is 11.8. The first kappa shape index (κ1) is 18.7. The van der Waals surface area contributed by atoms with E-state index >= 15 is 0 Å². The lowest BCUT2D eigenvalue weighted by Gasteiger charge is -2.10. The number of nitrogens with zero attached hydrogens (tertiary/aromatic N) is 2. The Bertz CT molecular complexity index is 933. The normalized spacial score (nSPS) is 11.1. The molecule has 0 atom stereocenters. The van der Waals surface area contributed by atoms with E-state index in [-0.39, 0.29) is 5.97 Å². The predicted octanol–water partition coefficient (Wildman–Crippen LogP) is 5.39. The van der Waals surface area contributed by atoms with Crippen molar-refractivity contribution >= 4 is 40.2 Å². The Morgan fingerprint density at radius 2 is 1.81 bits per heavy atom. The van der Waals surface area contributed by atoms with Crippen LogP contribution in [-0.4, -0.2) is 22.1 Å². The highest BCUT2D eigenvalue weighted by molar-refractivity contribution is 6.42. The number of imidazole rings is 1. The van der Waals surface area contributed by atoms with Gasteiger partial charge in [-0.15, -0.1) is 0 Å². The highest BCUT2D eigenvalue weighted by Crippen LogP contribution is 2.30. The van der Waals surface area contributed by atoms with Crippen molar-refractivity contribution < 1.29 is 9.53 Å². The maximum atomic E-state index is 11.2. The van der Waals surface area contributed by atoms with Gasteiger partial charge in [-0.25, -0.2) is 4.98 Å². The van der Waals surface area contributed by atoms with E-state index in [9.17, 15) is 4.79 Å². The number of halogens is 2. The van der Waals surface area contributed by atoms with Crippen LogP contribution in [0.1, 0.15) is 31.7 Å². The van der Waals surface area contributed by atoms with E-state index in [1.807, 2.05) is 30.3 Å². The Kier molecular flexibility index (Phi) is 5.84. The van der Waals surface area contributed by atoms with Crippen molar-refractivity contribution in [1.82, 2.24) is 9.55 Å². The molecule has 26 heavy (non-hydrogen) atoms. The van der Waals surface area contributed by atoms with Crippen LogP contribution in [0.15, 0.2) is 36.4 Å². The molecule has 0 unspecified atom stereocenters. The average Bonchev–Trinajstić information content (AvgIpc) is 3.00. The average molecular weight is 391 g/mol. The van der Waals surface area contributed by atoms with Gasteiger partial charge in [0.2, 0.25) is 0 Å². The topological polar surface area (TPSA) is 44.1 Å². The van der Waals surface area contributed by atoms with E-state index in [1.54, 1.807) is 13.0 Å². The first-order valence-electron chi connectivity index (χ1n) is 8.64. The molecule has 0 fully saturated rings. The monoisotopic (exact) mass is 390 g/mol. The van der Waals surface area contributed by atoms with Crippen LogP contribution >= 0.6 is 23.2 Å². The third kappa shape index (κ3) is 3.87. The molecule has 1 aromatic heterocycles. The number of ether oxygens (including phenoxy) is 1. The fourth-order valence-electron chi connectivity index (χ4n) is 2.84. The van der Waals surface area contributed by atoms with Crippen LogP contribution in [0.2, 0.25) is 10.0 Å². The second kappa shape index (κ2) is 8.11. The zero-order valence-corrected chi connectivity index (χ0v) is 16.3. The molecule has 0 bridgehead atoms. The minimum Gasteiger partial charge on any atom is -0.465 e. The van der Waals surface area contributed by atoms with Crippen molar-refractivity contribution in [1.29, 1.82) is 0 Å². The first-order chi connectivity index (χ1) is 12.5. The van der Waals surface area contributed by atoms with Gasteiger partial charge in [0, 0.05) is 24.9 Å². The quantitative estimate of drug-likeness (QED) is 0.529. The van der Waals surface area contributed by atoms with Crippen molar-refractivity contribution in [3.05, 3.63) is 57.8 Å². The van der Waals surface area contributed by atoms with Crippen molar-refractivity contribution in [3.8, 4) is 5.69 Å². The van der Waals surface area contributed by atoms with E-state index in [2.05, 4.69) is 16.5 Å². The number of hydrogen-bond acceptors (Lipinski definition) is 3. The summed E-state index contributed by atoms with van der Waals surface area (Å²) < 4.78 is 7.23. The van der Waals surface area contributed by atoms with Gasteiger partial charge in [0.1, 0.15) is 5.82 Å². The highest BCUT2D eigenvalue weighted by Gasteiger charge is 2.13. The summed E-state index contributed by atoms with van der Waals surface area (Å²) in [5.74, 6) is 0.776. The highest BCUT2D eigenvalue weighted by atomic mass is 35.5. The molecule has 1 heterocycles. The standard InChI is InChI=1S/C20H20Cl2N2O2/c1-3-19-23-17-11-15(21)16(22)12-18(17)24(19)14-7-5-13(6-8-14)9-10-26-20(25)4-2/h5-8,11-12H,3-4,9-10H2,1-2H3. The Hall–Kier alpha value is -2.04. The fraction of sp³-hybridized carbons (Fsp3) is 0.300. The molecular formula is C20H20Cl2N2O2. The zero-order valence-electron chi connectivity index (χ0n) is 14.8. The Morgan fingerprint density at radius 3 is 2.46 bits per heavy atom. The Morgan fingerprint density at radius 1 is 1.12 bits per heavy atom. The van der Waals surface area contributed by atoms with Crippen LogP contribution in [0.5, 0.6) is 0 Å². The van der Waals surface area contributed by atoms with Crippen LogP contribution < -0.4 is 0 Å². The Balaban J connectivity index is 1.89. The smallest absolute Gasteiger partial charge is 0.305 e. The molecule has 0 N–H and O–H groups in total. The zero-order chi connectivity index (χ0) is 18.7. The molecule has 0 saturated carbocycles. The lowest BCUT2D eigenvalue weighted by molar-refractivity contribution is -0.143. The van der Waals surface area contributed by atoms with Crippen molar-refractivity contribution in [2.75, 3.05) is 6.61 Å². The number of esters is 1. The summed E-state index contributed by atoms with van der Waals surface area (Å²) in [5.41, 5.74) is 3.88.